The van der Waals surface area contributed by atoms with E-state index in [1.54, 1.807) is 18.2 Å². The number of methoxy groups -OCH3 is 1. The number of hydrogen-bond acceptors (Lipinski definition) is 7. The lowest BCUT2D eigenvalue weighted by molar-refractivity contribution is -0.139. The van der Waals surface area contributed by atoms with Crippen LogP contribution in [-0.4, -0.2) is 59.8 Å². The molecular formula is C31H42F3N5O3. The van der Waals surface area contributed by atoms with Crippen LogP contribution in [0.4, 0.5) is 24.8 Å². The summed E-state index contributed by atoms with van der Waals surface area (Å²) in [5, 5.41) is 6.05. The van der Waals surface area contributed by atoms with E-state index in [-0.39, 0.29) is 53.5 Å². The molecule has 0 spiro atoms. The summed E-state index contributed by atoms with van der Waals surface area (Å²) in [6.45, 7) is 5.55. The second kappa shape index (κ2) is 13.8. The van der Waals surface area contributed by atoms with Gasteiger partial charge in [0.1, 0.15) is 11.5 Å². The van der Waals surface area contributed by atoms with Gasteiger partial charge < -0.3 is 20.3 Å². The number of ketones is 1. The normalized spacial score (nSPS) is 20.4. The lowest BCUT2D eigenvalue weighted by atomic mass is 9.73. The molecule has 2 atom stereocenters. The van der Waals surface area contributed by atoms with Gasteiger partial charge in [-0.3, -0.25) is 9.59 Å². The molecule has 42 heavy (non-hydrogen) atoms. The lowest BCUT2D eigenvalue weighted by Gasteiger charge is -2.32. The van der Waals surface area contributed by atoms with Gasteiger partial charge in [-0.2, -0.15) is 13.2 Å². The zero-order chi connectivity index (χ0) is 30.4. The van der Waals surface area contributed by atoms with Gasteiger partial charge in [-0.05, 0) is 82.3 Å². The number of hydrogen-bond donors (Lipinski definition) is 2. The van der Waals surface area contributed by atoms with E-state index in [0.29, 0.717) is 23.4 Å². The number of carbonyl (C=O) groups is 2. The number of carbonyl (C=O) groups excluding carboxylic acids is 2. The summed E-state index contributed by atoms with van der Waals surface area (Å²) in [4.78, 5) is 35.9. The Morgan fingerprint density at radius 1 is 1.10 bits per heavy atom. The fourth-order valence-corrected chi connectivity index (χ4v) is 5.91. The molecule has 1 aliphatic heterocycles. The van der Waals surface area contributed by atoms with E-state index < -0.39 is 11.7 Å². The van der Waals surface area contributed by atoms with Gasteiger partial charge in [0, 0.05) is 30.1 Å². The molecule has 2 heterocycles. The highest BCUT2D eigenvalue weighted by Gasteiger charge is 2.37. The molecule has 8 nitrogen and oxygen atoms in total. The number of ether oxygens (including phenoxy) is 1. The number of amides is 1. The Kier molecular flexibility index (Phi) is 10.5. The summed E-state index contributed by atoms with van der Waals surface area (Å²) in [5.74, 6) is 0.150. The summed E-state index contributed by atoms with van der Waals surface area (Å²) >= 11 is 0. The summed E-state index contributed by atoms with van der Waals surface area (Å²) in [6.07, 6.45) is 1.95. The summed E-state index contributed by atoms with van der Waals surface area (Å²) in [7, 11) is 3.51. The Balaban J connectivity index is 1.53. The minimum Gasteiger partial charge on any atom is -0.495 e. The Morgan fingerprint density at radius 3 is 2.43 bits per heavy atom. The minimum absolute atomic E-state index is 0.00504. The number of benzene rings is 1. The van der Waals surface area contributed by atoms with Crippen LogP contribution in [-0.2, 0) is 17.4 Å². The molecule has 2 fully saturated rings. The second-order valence-corrected chi connectivity index (χ2v) is 12.0. The molecular weight excluding hydrogens is 547 g/mol. The second-order valence-electron chi connectivity index (χ2n) is 12.0. The number of aromatic nitrogens is 2. The maximum Gasteiger partial charge on any atom is 0.419 e. The van der Waals surface area contributed by atoms with Gasteiger partial charge in [-0.15, -0.1) is 0 Å². The average molecular weight is 590 g/mol. The highest BCUT2D eigenvalue weighted by Crippen LogP contribution is 2.39. The Hall–Kier alpha value is -3.21. The van der Waals surface area contributed by atoms with Crippen molar-refractivity contribution in [1.82, 2.24) is 20.2 Å². The van der Waals surface area contributed by atoms with E-state index in [0.717, 1.165) is 57.8 Å². The Morgan fingerprint density at radius 2 is 1.79 bits per heavy atom. The van der Waals surface area contributed by atoms with Gasteiger partial charge in [0.05, 0.1) is 24.1 Å². The molecule has 2 N–H and O–H groups in total. The van der Waals surface area contributed by atoms with Crippen LogP contribution in [0.5, 0.6) is 5.75 Å². The van der Waals surface area contributed by atoms with Crippen molar-refractivity contribution in [3.8, 4) is 5.75 Å². The fraction of sp³-hybridized carbons (Fsp3) is 0.613. The number of nitrogens with one attached hydrogen (secondary N) is 2. The number of nitrogens with zero attached hydrogens (tertiary/aromatic N) is 3. The molecule has 1 saturated heterocycles. The van der Waals surface area contributed by atoms with Crippen LogP contribution in [0.2, 0.25) is 0 Å². The number of Topliss-reactive ketones (excluding diaryl/α,β-unsaturated/α-hetero) is 1. The van der Waals surface area contributed by atoms with Crippen molar-refractivity contribution in [2.75, 3.05) is 32.6 Å². The van der Waals surface area contributed by atoms with Crippen LogP contribution in [0.1, 0.15) is 80.4 Å². The first-order valence-corrected chi connectivity index (χ1v) is 14.8. The number of piperidine rings is 1. The molecule has 0 bridgehead atoms. The molecule has 1 aliphatic carbocycles. The third kappa shape index (κ3) is 8.20. The van der Waals surface area contributed by atoms with Crippen molar-refractivity contribution in [1.29, 1.82) is 0 Å². The van der Waals surface area contributed by atoms with Gasteiger partial charge in [-0.25, -0.2) is 9.97 Å². The molecule has 4 rings (SSSR count). The highest BCUT2D eigenvalue weighted by molar-refractivity contribution is 5.95. The Bertz CT molecular complexity index is 1240. The van der Waals surface area contributed by atoms with Crippen LogP contribution in [0.15, 0.2) is 24.4 Å². The number of rotatable bonds is 10. The first-order valence-electron chi connectivity index (χ1n) is 14.8. The molecule has 0 radical (unpaired) electrons. The molecule has 11 heteroatoms. The predicted octanol–water partition coefficient (Wildman–Crippen LogP) is 6.04. The van der Waals surface area contributed by atoms with Crippen molar-refractivity contribution < 1.29 is 27.5 Å². The summed E-state index contributed by atoms with van der Waals surface area (Å²) in [5.41, 5.74) is -0.0933. The number of likely N-dealkylation sites (tertiary alicyclic amines) is 1. The number of halogens is 3. The van der Waals surface area contributed by atoms with E-state index in [2.05, 4.69) is 32.5 Å². The van der Waals surface area contributed by atoms with Crippen LogP contribution in [0, 0.1) is 17.8 Å². The number of anilines is 2. The molecule has 1 aromatic carbocycles. The zero-order valence-electron chi connectivity index (χ0n) is 24.9. The highest BCUT2D eigenvalue weighted by atomic mass is 19.4. The van der Waals surface area contributed by atoms with E-state index in [1.807, 2.05) is 13.8 Å². The summed E-state index contributed by atoms with van der Waals surface area (Å²) in [6, 6.07) is 4.97. The van der Waals surface area contributed by atoms with Gasteiger partial charge in [-0.1, -0.05) is 26.7 Å². The van der Waals surface area contributed by atoms with Crippen molar-refractivity contribution in [3.05, 3.63) is 41.2 Å². The molecule has 230 valence electrons. The van der Waals surface area contributed by atoms with Crippen molar-refractivity contribution in [2.45, 2.75) is 77.4 Å². The monoisotopic (exact) mass is 589 g/mol. The van der Waals surface area contributed by atoms with E-state index in [9.17, 15) is 22.8 Å². The van der Waals surface area contributed by atoms with Crippen LogP contribution in [0.3, 0.4) is 0 Å². The molecule has 1 aromatic heterocycles. The summed E-state index contributed by atoms with van der Waals surface area (Å²) < 4.78 is 47.5. The quantitative estimate of drug-likeness (QED) is 0.349. The van der Waals surface area contributed by atoms with E-state index >= 15 is 0 Å². The third-order valence-corrected chi connectivity index (χ3v) is 8.57. The molecule has 1 saturated carbocycles. The van der Waals surface area contributed by atoms with Crippen molar-refractivity contribution in [3.63, 3.8) is 0 Å². The van der Waals surface area contributed by atoms with Crippen molar-refractivity contribution in [2.24, 2.45) is 17.8 Å². The predicted molar refractivity (Wildman–Crippen MR) is 155 cm³/mol. The van der Waals surface area contributed by atoms with Crippen molar-refractivity contribution >= 4 is 23.3 Å². The molecule has 2 aromatic rings. The standard InChI is InChI=1S/C31H42F3N5O3/c1-19(2)27(40)16-21-8-6-5-7-20(21)15-26-24(31(32,33)34)18-35-30(38-26)37-25-10-9-22(17-28(25)42-4)29(41)36-23-11-13-39(3)14-12-23/h9-10,17-21,23H,5-8,11-16H2,1-4H3,(H,36,41)(H,35,37,38)/t20-,21-/m0/s1. The van der Waals surface area contributed by atoms with Gasteiger partial charge >= 0.3 is 6.18 Å². The Labute approximate surface area is 245 Å². The van der Waals surface area contributed by atoms with Crippen LogP contribution < -0.4 is 15.4 Å². The molecule has 1 amide bonds. The smallest absolute Gasteiger partial charge is 0.419 e. The first-order chi connectivity index (χ1) is 19.9. The zero-order valence-corrected chi connectivity index (χ0v) is 24.9. The minimum atomic E-state index is -4.60. The van der Waals surface area contributed by atoms with Gasteiger partial charge in [0.25, 0.3) is 5.91 Å². The van der Waals surface area contributed by atoms with Crippen LogP contribution >= 0.6 is 0 Å². The topological polar surface area (TPSA) is 96.5 Å². The fourth-order valence-electron chi connectivity index (χ4n) is 5.91. The largest absolute Gasteiger partial charge is 0.495 e. The van der Waals surface area contributed by atoms with Gasteiger partial charge in [0.2, 0.25) is 5.95 Å². The lowest BCUT2D eigenvalue weighted by Crippen LogP contribution is -2.43. The van der Waals surface area contributed by atoms with Gasteiger partial charge in [0.15, 0.2) is 0 Å². The average Bonchev–Trinajstić information content (AvgIpc) is 2.95. The van der Waals surface area contributed by atoms with Crippen LogP contribution in [0.25, 0.3) is 0 Å². The molecule has 0 unspecified atom stereocenters. The van der Waals surface area contributed by atoms with E-state index in [4.69, 9.17) is 4.74 Å². The van der Waals surface area contributed by atoms with E-state index in [1.165, 1.54) is 7.11 Å². The first kappa shape index (κ1) is 31.7. The molecule has 2 aliphatic rings. The maximum absolute atomic E-state index is 14.0. The number of alkyl halides is 3. The maximum atomic E-state index is 14.0. The SMILES string of the molecule is COc1cc(C(=O)NC2CCN(C)CC2)ccc1Nc1ncc(C(F)(F)F)c(C[C@@H]2CCCC[C@H]2CC(=O)C(C)C)n1. The third-order valence-electron chi connectivity index (χ3n) is 8.57.